The van der Waals surface area contributed by atoms with E-state index in [1.165, 1.54) is 0 Å². The number of hydrogen-bond donors (Lipinski definition) is 1. The number of nitrogens with two attached hydrogens (primary N) is 1. The first-order valence-corrected chi connectivity index (χ1v) is 5.69. The Morgan fingerprint density at radius 2 is 1.88 bits per heavy atom. The smallest absolute Gasteiger partial charge is 0.441 e. The minimum Gasteiger partial charge on any atom is -0.459 e. The first-order valence-electron chi connectivity index (χ1n) is 4.70. The number of thioether (sulfide) groups is 1. The average Bonchev–Trinajstić information content (AvgIpc) is 1.98. The van der Waals surface area contributed by atoms with Gasteiger partial charge in [0.1, 0.15) is 11.6 Å². The van der Waals surface area contributed by atoms with Crippen LogP contribution in [-0.4, -0.2) is 28.9 Å². The highest BCUT2D eigenvalue weighted by molar-refractivity contribution is 8.00. The van der Waals surface area contributed by atoms with Gasteiger partial charge in [0.05, 0.1) is 0 Å². The van der Waals surface area contributed by atoms with E-state index in [2.05, 4.69) is 0 Å². The molecule has 0 rings (SSSR count). The Hall–Kier alpha value is -0.430. The first-order chi connectivity index (χ1) is 7.01. The summed E-state index contributed by atoms with van der Waals surface area (Å²) in [5, 5.41) is 0. The number of halogens is 3. The van der Waals surface area contributed by atoms with Crippen LogP contribution in [-0.2, 0) is 9.53 Å². The monoisotopic (exact) mass is 259 g/mol. The Morgan fingerprint density at radius 1 is 1.38 bits per heavy atom. The molecule has 0 radical (unpaired) electrons. The van der Waals surface area contributed by atoms with Crippen LogP contribution in [0, 0.1) is 0 Å². The zero-order chi connectivity index (χ0) is 13.0. The average molecular weight is 259 g/mol. The van der Waals surface area contributed by atoms with Crippen molar-refractivity contribution >= 4 is 17.7 Å². The van der Waals surface area contributed by atoms with E-state index >= 15 is 0 Å². The first kappa shape index (κ1) is 15.6. The molecule has 2 N–H and O–H groups in total. The van der Waals surface area contributed by atoms with Crippen LogP contribution in [0.15, 0.2) is 0 Å². The Balaban J connectivity index is 3.89. The fraction of sp³-hybridized carbons (Fsp3) is 0.889. The molecule has 3 nitrogen and oxygen atoms in total. The van der Waals surface area contributed by atoms with Gasteiger partial charge in [-0.2, -0.15) is 13.2 Å². The molecule has 0 aromatic rings. The highest BCUT2D eigenvalue weighted by Gasteiger charge is 2.29. The summed E-state index contributed by atoms with van der Waals surface area (Å²) in [5.74, 6) is -0.917. The van der Waals surface area contributed by atoms with E-state index in [-0.39, 0.29) is 23.9 Å². The lowest BCUT2D eigenvalue weighted by Gasteiger charge is -2.22. The normalized spacial score (nSPS) is 14.7. The second kappa shape index (κ2) is 5.77. The largest absolute Gasteiger partial charge is 0.459 e. The Bertz CT molecular complexity index is 238. The van der Waals surface area contributed by atoms with Gasteiger partial charge in [-0.25, -0.2) is 0 Å². The number of carbonyl (C=O) groups is 1. The molecule has 0 saturated heterocycles. The Kier molecular flexibility index (Phi) is 5.61. The van der Waals surface area contributed by atoms with Crippen molar-refractivity contribution < 1.29 is 22.7 Å². The molecular formula is C9H16F3NO2S. The minimum atomic E-state index is -4.28. The molecule has 7 heteroatoms. The van der Waals surface area contributed by atoms with Gasteiger partial charge < -0.3 is 10.5 Å². The second-order valence-electron chi connectivity index (χ2n) is 4.22. The van der Waals surface area contributed by atoms with Gasteiger partial charge in [-0.15, -0.1) is 0 Å². The number of esters is 1. The molecule has 0 amide bonds. The molecule has 0 bridgehead atoms. The fourth-order valence-electron chi connectivity index (χ4n) is 0.797. The second-order valence-corrected chi connectivity index (χ2v) is 5.38. The standard InChI is InChI=1S/C9H16F3NO2S/c1-8(2,3)15-7(14)6(13)4-5-16-9(10,11)12/h6H,4-5,13H2,1-3H3/t6-/m0/s1. The molecule has 0 aliphatic carbocycles. The van der Waals surface area contributed by atoms with Gasteiger partial charge in [-0.1, -0.05) is 11.8 Å². The zero-order valence-electron chi connectivity index (χ0n) is 9.43. The quantitative estimate of drug-likeness (QED) is 0.787. The number of hydrogen-bond acceptors (Lipinski definition) is 4. The van der Waals surface area contributed by atoms with Gasteiger partial charge in [-0.05, 0) is 27.2 Å². The highest BCUT2D eigenvalue weighted by Crippen LogP contribution is 2.30. The summed E-state index contributed by atoms with van der Waals surface area (Å²) < 4.78 is 40.3. The third-order valence-corrected chi connectivity index (χ3v) is 2.17. The molecule has 0 aliphatic rings. The van der Waals surface area contributed by atoms with E-state index in [0.29, 0.717) is 0 Å². The van der Waals surface area contributed by atoms with Gasteiger partial charge in [-0.3, -0.25) is 4.79 Å². The van der Waals surface area contributed by atoms with Crippen LogP contribution in [0.3, 0.4) is 0 Å². The number of ether oxygens (including phenoxy) is 1. The van der Waals surface area contributed by atoms with Gasteiger partial charge in [0.15, 0.2) is 0 Å². The van der Waals surface area contributed by atoms with Crippen LogP contribution in [0.5, 0.6) is 0 Å². The van der Waals surface area contributed by atoms with Gasteiger partial charge in [0, 0.05) is 5.75 Å². The topological polar surface area (TPSA) is 52.3 Å². The summed E-state index contributed by atoms with van der Waals surface area (Å²) in [5.41, 5.74) is 0.440. The van der Waals surface area contributed by atoms with Gasteiger partial charge in [0.25, 0.3) is 0 Å². The number of carbonyl (C=O) groups excluding carboxylic acids is 1. The minimum absolute atomic E-state index is 0.0565. The van der Waals surface area contributed by atoms with Crippen molar-refractivity contribution in [3.8, 4) is 0 Å². The Morgan fingerprint density at radius 3 is 2.25 bits per heavy atom. The summed E-state index contributed by atoms with van der Waals surface area (Å²) in [4.78, 5) is 11.3. The van der Waals surface area contributed by atoms with Crippen molar-refractivity contribution in [3.63, 3.8) is 0 Å². The van der Waals surface area contributed by atoms with Crippen molar-refractivity contribution in [2.24, 2.45) is 5.73 Å². The van der Waals surface area contributed by atoms with Crippen LogP contribution in [0.25, 0.3) is 0 Å². The lowest BCUT2D eigenvalue weighted by atomic mass is 10.2. The molecule has 1 atom stereocenters. The van der Waals surface area contributed by atoms with Gasteiger partial charge in [0.2, 0.25) is 0 Å². The zero-order valence-corrected chi connectivity index (χ0v) is 10.2. The lowest BCUT2D eigenvalue weighted by Crippen LogP contribution is -2.37. The number of rotatable bonds is 4. The van der Waals surface area contributed by atoms with Crippen molar-refractivity contribution in [2.45, 2.75) is 44.3 Å². The number of alkyl halides is 3. The Labute approximate surface area is 96.9 Å². The molecule has 96 valence electrons. The summed E-state index contributed by atoms with van der Waals surface area (Å²) in [6.45, 7) is 5.01. The molecule has 0 saturated carbocycles. The van der Waals surface area contributed by atoms with Crippen LogP contribution < -0.4 is 5.73 Å². The molecule has 0 heterocycles. The molecule has 0 aliphatic heterocycles. The van der Waals surface area contributed by atoms with E-state index < -0.39 is 23.1 Å². The maximum Gasteiger partial charge on any atom is 0.441 e. The van der Waals surface area contributed by atoms with E-state index in [4.69, 9.17) is 10.5 Å². The van der Waals surface area contributed by atoms with Crippen molar-refractivity contribution in [2.75, 3.05) is 5.75 Å². The molecule has 0 unspecified atom stereocenters. The van der Waals surface area contributed by atoms with E-state index in [1.54, 1.807) is 20.8 Å². The third-order valence-electron chi connectivity index (χ3n) is 1.40. The van der Waals surface area contributed by atoms with Crippen molar-refractivity contribution in [1.29, 1.82) is 0 Å². The molecule has 0 aromatic carbocycles. The third kappa shape index (κ3) is 8.84. The fourth-order valence-corrected chi connectivity index (χ4v) is 1.40. The summed E-state index contributed by atoms with van der Waals surface area (Å²) in [6.07, 6.45) is -0.0565. The lowest BCUT2D eigenvalue weighted by molar-refractivity contribution is -0.156. The molecule has 0 aromatic heterocycles. The SMILES string of the molecule is CC(C)(C)OC(=O)[C@@H](N)CCSC(F)(F)F. The van der Waals surface area contributed by atoms with Gasteiger partial charge >= 0.3 is 11.5 Å². The molecule has 16 heavy (non-hydrogen) atoms. The molecule has 0 spiro atoms. The van der Waals surface area contributed by atoms with E-state index in [9.17, 15) is 18.0 Å². The van der Waals surface area contributed by atoms with E-state index in [0.717, 1.165) is 0 Å². The van der Waals surface area contributed by atoms with Crippen LogP contribution in [0.4, 0.5) is 13.2 Å². The summed E-state index contributed by atoms with van der Waals surface area (Å²) >= 11 is -0.190. The van der Waals surface area contributed by atoms with Crippen molar-refractivity contribution in [3.05, 3.63) is 0 Å². The summed E-state index contributed by atoms with van der Waals surface area (Å²) in [6, 6.07) is -1.01. The molecule has 0 fully saturated rings. The maximum absolute atomic E-state index is 11.8. The van der Waals surface area contributed by atoms with E-state index in [1.807, 2.05) is 0 Å². The summed E-state index contributed by atoms with van der Waals surface area (Å²) in [7, 11) is 0. The van der Waals surface area contributed by atoms with Crippen LogP contribution >= 0.6 is 11.8 Å². The predicted octanol–water partition coefficient (Wildman–Crippen LogP) is 2.30. The van der Waals surface area contributed by atoms with Crippen LogP contribution in [0.1, 0.15) is 27.2 Å². The van der Waals surface area contributed by atoms with Crippen molar-refractivity contribution in [1.82, 2.24) is 0 Å². The maximum atomic E-state index is 11.8. The van der Waals surface area contributed by atoms with Crippen LogP contribution in [0.2, 0.25) is 0 Å². The molecular weight excluding hydrogens is 243 g/mol. The highest BCUT2D eigenvalue weighted by atomic mass is 32.2. The predicted molar refractivity (Wildman–Crippen MR) is 57.0 cm³/mol.